The molecule has 0 amide bonds. The Morgan fingerprint density at radius 3 is 2.62 bits per heavy atom. The van der Waals surface area contributed by atoms with Crippen LogP contribution in [0.1, 0.15) is 39.3 Å². The van der Waals surface area contributed by atoms with Gasteiger partial charge in [0.2, 0.25) is 0 Å². The Labute approximate surface area is 128 Å². The molecule has 21 heavy (non-hydrogen) atoms. The maximum atomic E-state index is 5.82. The summed E-state index contributed by atoms with van der Waals surface area (Å²) in [7, 11) is 0. The van der Waals surface area contributed by atoms with Gasteiger partial charge in [-0.05, 0) is 31.5 Å². The second-order valence-corrected chi connectivity index (χ2v) is 5.57. The van der Waals surface area contributed by atoms with Crippen LogP contribution in [0.5, 0.6) is 0 Å². The zero-order chi connectivity index (χ0) is 15.2. The van der Waals surface area contributed by atoms with Gasteiger partial charge in [-0.3, -0.25) is 0 Å². The van der Waals surface area contributed by atoms with E-state index in [-0.39, 0.29) is 0 Å². The third-order valence-corrected chi connectivity index (χ3v) is 4.30. The number of aromatic nitrogens is 2. The maximum Gasteiger partial charge on any atom is 0.151 e. The summed E-state index contributed by atoms with van der Waals surface area (Å²) >= 11 is 0. The van der Waals surface area contributed by atoms with Gasteiger partial charge in [-0.1, -0.05) is 32.8 Å². The van der Waals surface area contributed by atoms with E-state index in [4.69, 9.17) is 10.7 Å². The molecule has 2 N–H and O–H groups in total. The van der Waals surface area contributed by atoms with Crippen LogP contribution >= 0.6 is 0 Å². The highest BCUT2D eigenvalue weighted by Crippen LogP contribution is 2.24. The lowest BCUT2D eigenvalue weighted by Gasteiger charge is -2.26. The number of hydrogen-bond donors (Lipinski definition) is 1. The molecule has 116 valence electrons. The van der Waals surface area contributed by atoms with Crippen molar-refractivity contribution in [3.63, 3.8) is 0 Å². The molecule has 0 aliphatic rings. The fraction of sp³-hybridized carbons (Fsp3) is 0.588. The van der Waals surface area contributed by atoms with Crippen molar-refractivity contribution < 1.29 is 0 Å². The molecule has 0 aromatic carbocycles. The van der Waals surface area contributed by atoms with Crippen LogP contribution in [-0.4, -0.2) is 29.0 Å². The topological polar surface area (TPSA) is 46.6 Å². The van der Waals surface area contributed by atoms with E-state index < -0.39 is 0 Å². The van der Waals surface area contributed by atoms with E-state index in [9.17, 15) is 0 Å². The van der Waals surface area contributed by atoms with E-state index in [0.717, 1.165) is 36.9 Å². The Hall–Kier alpha value is -1.55. The van der Waals surface area contributed by atoms with Crippen LogP contribution < -0.4 is 10.6 Å². The maximum absolute atomic E-state index is 5.82. The van der Waals surface area contributed by atoms with Crippen LogP contribution in [0.2, 0.25) is 0 Å². The van der Waals surface area contributed by atoms with E-state index in [1.54, 1.807) is 0 Å². The second-order valence-electron chi connectivity index (χ2n) is 5.57. The normalized spacial score (nSPS) is 11.5. The smallest absolute Gasteiger partial charge is 0.151 e. The molecule has 0 radical (unpaired) electrons. The molecule has 0 unspecified atom stereocenters. The minimum atomic E-state index is 0.651. The average molecular weight is 288 g/mol. The van der Waals surface area contributed by atoms with Gasteiger partial charge in [-0.15, -0.1) is 0 Å². The first-order chi connectivity index (χ1) is 10.2. The van der Waals surface area contributed by atoms with Crippen molar-refractivity contribution >= 4 is 11.5 Å². The van der Waals surface area contributed by atoms with Crippen LogP contribution in [0.15, 0.2) is 24.4 Å². The Morgan fingerprint density at radius 2 is 2.00 bits per heavy atom. The fourth-order valence-corrected chi connectivity index (χ4v) is 2.88. The van der Waals surface area contributed by atoms with E-state index in [0.29, 0.717) is 6.54 Å². The predicted octanol–water partition coefficient (Wildman–Crippen LogP) is 3.10. The monoisotopic (exact) mass is 288 g/mol. The minimum Gasteiger partial charge on any atom is -0.355 e. The van der Waals surface area contributed by atoms with E-state index in [2.05, 4.69) is 48.4 Å². The highest BCUT2D eigenvalue weighted by molar-refractivity contribution is 5.56. The highest BCUT2D eigenvalue weighted by atomic mass is 15.2. The van der Waals surface area contributed by atoms with Crippen molar-refractivity contribution in [3.8, 4) is 0 Å². The fourth-order valence-electron chi connectivity index (χ4n) is 2.88. The van der Waals surface area contributed by atoms with Crippen LogP contribution in [0.4, 0.5) is 5.82 Å². The molecule has 0 aliphatic heterocycles. The largest absolute Gasteiger partial charge is 0.355 e. The number of fused-ring (bicyclic) bond motifs is 1. The number of nitrogens with zero attached hydrogens (tertiary/aromatic N) is 3. The summed E-state index contributed by atoms with van der Waals surface area (Å²) < 4.78 is 2.18. The van der Waals surface area contributed by atoms with E-state index in [1.807, 2.05) is 6.07 Å². The van der Waals surface area contributed by atoms with Gasteiger partial charge in [-0.2, -0.15) is 0 Å². The third kappa shape index (κ3) is 3.38. The zero-order valence-electron chi connectivity index (χ0n) is 13.5. The van der Waals surface area contributed by atoms with E-state index in [1.165, 1.54) is 18.5 Å². The molecule has 0 fully saturated rings. The van der Waals surface area contributed by atoms with Crippen LogP contribution in [0, 0.1) is 5.92 Å². The van der Waals surface area contributed by atoms with Crippen molar-refractivity contribution in [2.24, 2.45) is 11.7 Å². The molecular weight excluding hydrogens is 260 g/mol. The molecule has 0 atom stereocenters. The summed E-state index contributed by atoms with van der Waals surface area (Å²) in [5, 5.41) is 0. The number of nitrogens with two attached hydrogens (primary N) is 1. The predicted molar refractivity (Wildman–Crippen MR) is 89.9 cm³/mol. The van der Waals surface area contributed by atoms with Crippen molar-refractivity contribution in [2.45, 2.75) is 40.0 Å². The summed E-state index contributed by atoms with van der Waals surface area (Å²) in [6.45, 7) is 9.46. The summed E-state index contributed by atoms with van der Waals surface area (Å²) in [4.78, 5) is 7.27. The van der Waals surface area contributed by atoms with Crippen molar-refractivity contribution in [1.29, 1.82) is 0 Å². The Balaban J connectivity index is 2.39. The quantitative estimate of drug-likeness (QED) is 0.812. The van der Waals surface area contributed by atoms with Crippen LogP contribution in [-0.2, 0) is 6.42 Å². The molecule has 0 saturated carbocycles. The average Bonchev–Trinajstić information content (AvgIpc) is 2.88. The van der Waals surface area contributed by atoms with Gasteiger partial charge in [0, 0.05) is 25.7 Å². The van der Waals surface area contributed by atoms with Gasteiger partial charge >= 0.3 is 0 Å². The lowest BCUT2D eigenvalue weighted by atomic mass is 10.0. The Kier molecular flexibility index (Phi) is 5.62. The lowest BCUT2D eigenvalue weighted by Crippen LogP contribution is -2.30. The number of anilines is 1. The molecule has 0 spiro atoms. The first kappa shape index (κ1) is 15.8. The molecule has 2 rings (SSSR count). The van der Waals surface area contributed by atoms with E-state index >= 15 is 0 Å². The van der Waals surface area contributed by atoms with Crippen molar-refractivity contribution in [1.82, 2.24) is 9.38 Å². The molecule has 0 aliphatic carbocycles. The standard InChI is InChI=1S/C17H28N4/c1-4-14(5-2)13-20(6-3)17-15(10-11-18)21-12-8-7-9-16(21)19-17/h7-9,12,14H,4-6,10-11,13,18H2,1-3H3. The van der Waals surface area contributed by atoms with Crippen molar-refractivity contribution in [2.75, 3.05) is 24.5 Å². The summed E-state index contributed by atoms with van der Waals surface area (Å²) in [5.74, 6) is 1.83. The molecule has 2 aromatic rings. The molecule has 4 heteroatoms. The van der Waals surface area contributed by atoms with Crippen molar-refractivity contribution in [3.05, 3.63) is 30.1 Å². The van der Waals surface area contributed by atoms with Crippen LogP contribution in [0.25, 0.3) is 5.65 Å². The van der Waals surface area contributed by atoms with Gasteiger partial charge in [0.15, 0.2) is 5.82 Å². The van der Waals surface area contributed by atoms with Crippen LogP contribution in [0.3, 0.4) is 0 Å². The van der Waals surface area contributed by atoms with Gasteiger partial charge < -0.3 is 15.0 Å². The molecule has 0 bridgehead atoms. The third-order valence-electron chi connectivity index (χ3n) is 4.30. The number of imidazole rings is 1. The van der Waals surface area contributed by atoms with Gasteiger partial charge in [0.05, 0.1) is 5.69 Å². The molecule has 2 aromatic heterocycles. The molecule has 2 heterocycles. The first-order valence-corrected chi connectivity index (χ1v) is 8.16. The molecule has 4 nitrogen and oxygen atoms in total. The Bertz CT molecular complexity index is 557. The first-order valence-electron chi connectivity index (χ1n) is 8.16. The zero-order valence-corrected chi connectivity index (χ0v) is 13.5. The lowest BCUT2D eigenvalue weighted by molar-refractivity contribution is 0.484. The molecule has 0 saturated heterocycles. The van der Waals surface area contributed by atoms with Gasteiger partial charge in [0.25, 0.3) is 0 Å². The van der Waals surface area contributed by atoms with Gasteiger partial charge in [0.1, 0.15) is 5.65 Å². The summed E-state index contributed by atoms with van der Waals surface area (Å²) in [6, 6.07) is 6.15. The van der Waals surface area contributed by atoms with Gasteiger partial charge in [-0.25, -0.2) is 4.98 Å². The number of hydrogen-bond acceptors (Lipinski definition) is 3. The minimum absolute atomic E-state index is 0.651. The summed E-state index contributed by atoms with van der Waals surface area (Å²) in [5.41, 5.74) is 8.07. The number of rotatable bonds is 8. The SMILES string of the molecule is CCC(CC)CN(CC)c1nc2ccccn2c1CCN. The number of pyridine rings is 1. The summed E-state index contributed by atoms with van der Waals surface area (Å²) in [6.07, 6.45) is 5.38. The molecular formula is C17H28N4. The Morgan fingerprint density at radius 1 is 1.24 bits per heavy atom. The highest BCUT2D eigenvalue weighted by Gasteiger charge is 2.18. The second kappa shape index (κ2) is 7.46.